The predicted octanol–water partition coefficient (Wildman–Crippen LogP) is 3.75. The Morgan fingerprint density at radius 3 is 2.48 bits per heavy atom. The second-order valence-corrected chi connectivity index (χ2v) is 6.15. The largest absolute Gasteiger partial charge is 0.462 e. The van der Waals surface area contributed by atoms with Crippen LogP contribution in [0, 0.1) is 11.3 Å². The number of alkyl halides is 3. The molecule has 1 heterocycles. The van der Waals surface area contributed by atoms with Crippen LogP contribution in [-0.2, 0) is 22.3 Å². The van der Waals surface area contributed by atoms with Gasteiger partial charge in [-0.3, -0.25) is 0 Å². The summed E-state index contributed by atoms with van der Waals surface area (Å²) < 4.78 is 48.8. The van der Waals surface area contributed by atoms with Gasteiger partial charge in [0.05, 0.1) is 23.3 Å². The van der Waals surface area contributed by atoms with Crippen molar-refractivity contribution >= 4 is 28.3 Å². The summed E-state index contributed by atoms with van der Waals surface area (Å²) in [5.41, 5.74) is 3.77. The van der Waals surface area contributed by atoms with Crippen LogP contribution in [0.3, 0.4) is 0 Å². The highest BCUT2D eigenvalue weighted by Crippen LogP contribution is 2.34. The standard InChI is InChI=1S/C17H13F3N2O4S/c1-2-25-16(24)13-11(10(7-21)14(22)27-13)8-26-15(23)9-5-3-4-6-12(9)17(18,19)20/h3-6H,2,8,22H2,1H3. The number of carbonyl (C=O) groups is 2. The molecule has 1 aromatic heterocycles. The van der Waals surface area contributed by atoms with Gasteiger partial charge in [-0.25, -0.2) is 9.59 Å². The number of nitrogens with zero attached hydrogens (tertiary/aromatic N) is 1. The summed E-state index contributed by atoms with van der Waals surface area (Å²) in [6, 6.07) is 5.93. The number of thiophene rings is 1. The van der Waals surface area contributed by atoms with Gasteiger partial charge in [-0.05, 0) is 19.1 Å². The molecule has 10 heteroatoms. The van der Waals surface area contributed by atoms with Crippen molar-refractivity contribution in [1.82, 2.24) is 0 Å². The summed E-state index contributed by atoms with van der Waals surface area (Å²) in [7, 11) is 0. The Bertz CT molecular complexity index is 916. The van der Waals surface area contributed by atoms with Gasteiger partial charge in [0.25, 0.3) is 0 Å². The van der Waals surface area contributed by atoms with Crippen molar-refractivity contribution in [3.63, 3.8) is 0 Å². The third kappa shape index (κ3) is 4.38. The Kier molecular flexibility index (Phi) is 6.07. The van der Waals surface area contributed by atoms with Crippen LogP contribution in [0.2, 0.25) is 0 Å². The Hall–Kier alpha value is -3.06. The molecule has 0 unspecified atom stereocenters. The first-order valence-electron chi connectivity index (χ1n) is 7.52. The van der Waals surface area contributed by atoms with E-state index >= 15 is 0 Å². The number of nitriles is 1. The molecule has 0 atom stereocenters. The maximum absolute atomic E-state index is 13.0. The van der Waals surface area contributed by atoms with E-state index in [1.165, 1.54) is 6.07 Å². The summed E-state index contributed by atoms with van der Waals surface area (Å²) in [5.74, 6) is -2.01. The topological polar surface area (TPSA) is 102 Å². The highest BCUT2D eigenvalue weighted by Gasteiger charge is 2.35. The SMILES string of the molecule is CCOC(=O)c1sc(N)c(C#N)c1COC(=O)c1ccccc1C(F)(F)F. The van der Waals surface area contributed by atoms with E-state index < -0.39 is 35.8 Å². The van der Waals surface area contributed by atoms with Gasteiger partial charge in [0.1, 0.15) is 22.6 Å². The maximum atomic E-state index is 13.0. The van der Waals surface area contributed by atoms with Crippen molar-refractivity contribution in [2.45, 2.75) is 19.7 Å². The zero-order chi connectivity index (χ0) is 20.2. The average molecular weight is 398 g/mol. The van der Waals surface area contributed by atoms with Gasteiger partial charge in [0.2, 0.25) is 0 Å². The van der Waals surface area contributed by atoms with E-state index in [0.29, 0.717) is 0 Å². The van der Waals surface area contributed by atoms with Gasteiger partial charge in [0, 0.05) is 5.56 Å². The molecular weight excluding hydrogens is 385 g/mol. The van der Waals surface area contributed by atoms with Crippen molar-refractivity contribution in [3.8, 4) is 6.07 Å². The molecule has 0 amide bonds. The lowest BCUT2D eigenvalue weighted by Gasteiger charge is -2.12. The summed E-state index contributed by atoms with van der Waals surface area (Å²) in [4.78, 5) is 24.1. The Labute approximate surface area is 155 Å². The monoisotopic (exact) mass is 398 g/mol. The van der Waals surface area contributed by atoms with E-state index in [9.17, 15) is 28.0 Å². The molecule has 0 saturated heterocycles. The fourth-order valence-electron chi connectivity index (χ4n) is 2.23. The number of hydrogen-bond acceptors (Lipinski definition) is 7. The molecule has 0 aliphatic heterocycles. The molecule has 6 nitrogen and oxygen atoms in total. The van der Waals surface area contributed by atoms with Crippen LogP contribution >= 0.6 is 11.3 Å². The van der Waals surface area contributed by atoms with Gasteiger partial charge >= 0.3 is 18.1 Å². The predicted molar refractivity (Wildman–Crippen MR) is 90.0 cm³/mol. The molecule has 2 aromatic rings. The highest BCUT2D eigenvalue weighted by molar-refractivity contribution is 7.18. The minimum absolute atomic E-state index is 0.00344. The Balaban J connectivity index is 2.31. The summed E-state index contributed by atoms with van der Waals surface area (Å²) in [6.07, 6.45) is -4.74. The number of benzene rings is 1. The van der Waals surface area contributed by atoms with Gasteiger partial charge < -0.3 is 15.2 Å². The van der Waals surface area contributed by atoms with E-state index in [0.717, 1.165) is 29.5 Å². The zero-order valence-electron chi connectivity index (χ0n) is 13.9. The number of ether oxygens (including phenoxy) is 2. The van der Waals surface area contributed by atoms with E-state index in [1.807, 2.05) is 0 Å². The first-order chi connectivity index (χ1) is 12.7. The van der Waals surface area contributed by atoms with Crippen molar-refractivity contribution in [1.29, 1.82) is 5.26 Å². The number of nitrogens with two attached hydrogens (primary N) is 1. The second-order valence-electron chi connectivity index (χ2n) is 5.10. The molecule has 142 valence electrons. The van der Waals surface area contributed by atoms with Crippen LogP contribution in [0.15, 0.2) is 24.3 Å². The fraction of sp³-hybridized carbons (Fsp3) is 0.235. The minimum Gasteiger partial charge on any atom is -0.462 e. The van der Waals surface area contributed by atoms with Gasteiger partial charge in [-0.2, -0.15) is 18.4 Å². The number of carbonyl (C=O) groups excluding carboxylic acids is 2. The molecule has 1 aromatic carbocycles. The van der Waals surface area contributed by atoms with Crippen LogP contribution in [-0.4, -0.2) is 18.5 Å². The summed E-state index contributed by atoms with van der Waals surface area (Å²) >= 11 is 0.778. The summed E-state index contributed by atoms with van der Waals surface area (Å²) in [5, 5.41) is 9.21. The van der Waals surface area contributed by atoms with Gasteiger partial charge in [0.15, 0.2) is 0 Å². The minimum atomic E-state index is -4.74. The molecule has 0 spiro atoms. The van der Waals surface area contributed by atoms with Crippen LogP contribution in [0.25, 0.3) is 0 Å². The molecule has 0 radical (unpaired) electrons. The lowest BCUT2D eigenvalue weighted by molar-refractivity contribution is -0.138. The van der Waals surface area contributed by atoms with E-state index in [4.69, 9.17) is 15.2 Å². The average Bonchev–Trinajstić information content (AvgIpc) is 2.94. The first kappa shape index (κ1) is 20.3. The van der Waals surface area contributed by atoms with Crippen LogP contribution < -0.4 is 5.73 Å². The molecule has 2 rings (SSSR count). The molecule has 0 aliphatic carbocycles. The fourth-order valence-corrected chi connectivity index (χ4v) is 3.15. The molecular formula is C17H13F3N2O4S. The quantitative estimate of drug-likeness (QED) is 0.770. The van der Waals surface area contributed by atoms with Crippen molar-refractivity contribution in [2.75, 3.05) is 12.3 Å². The number of anilines is 1. The molecule has 0 saturated carbocycles. The number of esters is 2. The normalized spacial score (nSPS) is 10.9. The third-order valence-electron chi connectivity index (χ3n) is 3.41. The van der Waals surface area contributed by atoms with Crippen molar-refractivity contribution < 1.29 is 32.2 Å². The van der Waals surface area contributed by atoms with Gasteiger partial charge in [-0.1, -0.05) is 12.1 Å². The highest BCUT2D eigenvalue weighted by atomic mass is 32.1. The molecule has 2 N–H and O–H groups in total. The molecule has 27 heavy (non-hydrogen) atoms. The van der Waals surface area contributed by atoms with Crippen molar-refractivity contribution in [2.24, 2.45) is 0 Å². The van der Waals surface area contributed by atoms with Crippen LogP contribution in [0.4, 0.5) is 18.2 Å². The molecule has 0 bridgehead atoms. The number of hydrogen-bond donors (Lipinski definition) is 1. The lowest BCUT2D eigenvalue weighted by atomic mass is 10.1. The Morgan fingerprint density at radius 2 is 1.89 bits per heavy atom. The van der Waals surface area contributed by atoms with Crippen LogP contribution in [0.5, 0.6) is 0 Å². The lowest BCUT2D eigenvalue weighted by Crippen LogP contribution is -2.15. The second kappa shape index (κ2) is 8.09. The smallest absolute Gasteiger partial charge is 0.417 e. The van der Waals surface area contributed by atoms with E-state index in [1.54, 1.807) is 13.0 Å². The zero-order valence-corrected chi connectivity index (χ0v) is 14.7. The molecule has 0 fully saturated rings. The third-order valence-corrected chi connectivity index (χ3v) is 4.45. The first-order valence-corrected chi connectivity index (χ1v) is 8.34. The van der Waals surface area contributed by atoms with Gasteiger partial charge in [-0.15, -0.1) is 11.3 Å². The maximum Gasteiger partial charge on any atom is 0.417 e. The van der Waals surface area contributed by atoms with Crippen molar-refractivity contribution in [3.05, 3.63) is 51.4 Å². The molecule has 0 aliphatic rings. The van der Waals surface area contributed by atoms with E-state index in [-0.39, 0.29) is 27.6 Å². The number of nitrogen functional groups attached to an aromatic ring is 1. The van der Waals surface area contributed by atoms with E-state index in [2.05, 4.69) is 0 Å². The summed E-state index contributed by atoms with van der Waals surface area (Å²) in [6.45, 7) is 1.04. The van der Waals surface area contributed by atoms with Crippen LogP contribution in [0.1, 0.15) is 43.6 Å². The Morgan fingerprint density at radius 1 is 1.22 bits per heavy atom. The number of halogens is 3. The number of rotatable bonds is 5.